The van der Waals surface area contributed by atoms with Crippen molar-refractivity contribution < 1.29 is 23.8 Å². The van der Waals surface area contributed by atoms with E-state index in [1.165, 1.54) is 109 Å². The van der Waals surface area contributed by atoms with Crippen LogP contribution in [0.25, 0.3) is 0 Å². The molecule has 60 heavy (non-hydrogen) atoms. The number of rotatable bonds is 46. The molecule has 0 aliphatic carbocycles. The number of carbonyl (C=O) groups excluding carboxylic acids is 2. The number of unbranched alkanes of at least 4 members (excludes halogenated alkanes) is 23. The summed E-state index contributed by atoms with van der Waals surface area (Å²) in [6.45, 7) is 7.59. The summed E-state index contributed by atoms with van der Waals surface area (Å²) in [6.07, 6.45) is 64.8. The molecule has 0 saturated carbocycles. The molecule has 0 aromatic rings. The van der Waals surface area contributed by atoms with Crippen LogP contribution < -0.4 is 0 Å². The zero-order chi connectivity index (χ0) is 43.5. The van der Waals surface area contributed by atoms with Crippen LogP contribution in [0, 0.1) is 0 Å². The van der Waals surface area contributed by atoms with Crippen molar-refractivity contribution >= 4 is 11.9 Å². The topological polar surface area (TPSA) is 61.8 Å². The van der Waals surface area contributed by atoms with Crippen LogP contribution in [0.5, 0.6) is 0 Å². The maximum atomic E-state index is 12.8. The average Bonchev–Trinajstić information content (AvgIpc) is 3.25. The summed E-state index contributed by atoms with van der Waals surface area (Å²) in [6, 6.07) is 0. The van der Waals surface area contributed by atoms with E-state index in [-0.39, 0.29) is 25.2 Å². The Labute approximate surface area is 372 Å². The zero-order valence-corrected chi connectivity index (χ0v) is 39.7. The van der Waals surface area contributed by atoms with Crippen molar-refractivity contribution in [2.24, 2.45) is 0 Å². The van der Waals surface area contributed by atoms with Crippen LogP contribution in [0.3, 0.4) is 0 Å². The fourth-order valence-corrected chi connectivity index (χ4v) is 6.91. The lowest BCUT2D eigenvalue weighted by Gasteiger charge is -2.18. The minimum Gasteiger partial charge on any atom is -0.462 e. The van der Waals surface area contributed by atoms with E-state index in [1.54, 1.807) is 0 Å². The normalized spacial score (nSPS) is 12.8. The summed E-state index contributed by atoms with van der Waals surface area (Å²) >= 11 is 0. The maximum absolute atomic E-state index is 12.8. The number of allylic oxidation sites excluding steroid dienone is 12. The van der Waals surface area contributed by atoms with E-state index < -0.39 is 6.10 Å². The first-order chi connectivity index (χ1) is 29.6. The van der Waals surface area contributed by atoms with Gasteiger partial charge in [0, 0.05) is 19.4 Å². The van der Waals surface area contributed by atoms with E-state index in [2.05, 4.69) is 93.7 Å². The molecule has 1 atom stereocenters. The lowest BCUT2D eigenvalue weighted by Crippen LogP contribution is -2.30. The van der Waals surface area contributed by atoms with E-state index in [0.29, 0.717) is 19.4 Å². The third-order valence-electron chi connectivity index (χ3n) is 10.7. The van der Waals surface area contributed by atoms with Gasteiger partial charge in [-0.05, 0) is 103 Å². The SMILES string of the molecule is CC/C=C\C/C=C\C/C=C\CCCCCCOCC(COC(=O)CCCCCCCCC/C=C\CCCCCCCC)OC(=O)CCCCCCC/C=C\C/C=C\CCC. The largest absolute Gasteiger partial charge is 0.462 e. The highest BCUT2D eigenvalue weighted by molar-refractivity contribution is 5.70. The molecule has 0 aliphatic heterocycles. The van der Waals surface area contributed by atoms with Crippen molar-refractivity contribution in [1.82, 2.24) is 0 Å². The second-order valence-corrected chi connectivity index (χ2v) is 16.7. The van der Waals surface area contributed by atoms with Gasteiger partial charge in [0.25, 0.3) is 0 Å². The van der Waals surface area contributed by atoms with Crippen LogP contribution in [0.2, 0.25) is 0 Å². The van der Waals surface area contributed by atoms with Gasteiger partial charge in [0.05, 0.1) is 6.61 Å². The average molecular weight is 837 g/mol. The van der Waals surface area contributed by atoms with Crippen molar-refractivity contribution in [3.63, 3.8) is 0 Å². The number of hydrogen-bond donors (Lipinski definition) is 0. The van der Waals surface area contributed by atoms with Gasteiger partial charge >= 0.3 is 11.9 Å². The molecule has 0 aromatic heterocycles. The highest BCUT2D eigenvalue weighted by Gasteiger charge is 2.17. The minimum absolute atomic E-state index is 0.0663. The van der Waals surface area contributed by atoms with Gasteiger partial charge in [0.15, 0.2) is 6.10 Å². The second kappa shape index (κ2) is 50.7. The summed E-state index contributed by atoms with van der Waals surface area (Å²) in [4.78, 5) is 25.4. The van der Waals surface area contributed by atoms with Crippen LogP contribution in [0.1, 0.15) is 239 Å². The summed E-state index contributed by atoms with van der Waals surface area (Å²) in [5, 5.41) is 0. The molecular formula is C55H96O5. The molecule has 0 amide bonds. The molecule has 0 radical (unpaired) electrons. The Hall–Kier alpha value is -2.66. The van der Waals surface area contributed by atoms with Gasteiger partial charge in [-0.2, -0.15) is 0 Å². The molecule has 5 nitrogen and oxygen atoms in total. The number of ether oxygens (including phenoxy) is 3. The van der Waals surface area contributed by atoms with Gasteiger partial charge in [0.1, 0.15) is 6.61 Å². The molecule has 0 fully saturated rings. The third kappa shape index (κ3) is 48.0. The summed E-state index contributed by atoms with van der Waals surface area (Å²) in [5.74, 6) is -0.430. The monoisotopic (exact) mass is 837 g/mol. The van der Waals surface area contributed by atoms with Crippen LogP contribution in [0.4, 0.5) is 0 Å². The lowest BCUT2D eigenvalue weighted by atomic mass is 10.1. The van der Waals surface area contributed by atoms with Gasteiger partial charge in [0.2, 0.25) is 0 Å². The van der Waals surface area contributed by atoms with Crippen LogP contribution in [0.15, 0.2) is 72.9 Å². The first-order valence-corrected chi connectivity index (χ1v) is 25.5. The maximum Gasteiger partial charge on any atom is 0.306 e. The van der Waals surface area contributed by atoms with E-state index in [1.807, 2.05) is 0 Å². The Bertz CT molecular complexity index is 1080. The molecule has 1 unspecified atom stereocenters. The number of carbonyl (C=O) groups is 2. The fourth-order valence-electron chi connectivity index (χ4n) is 6.91. The smallest absolute Gasteiger partial charge is 0.306 e. The van der Waals surface area contributed by atoms with Crippen LogP contribution in [-0.4, -0.2) is 37.9 Å². The first-order valence-electron chi connectivity index (χ1n) is 25.5. The highest BCUT2D eigenvalue weighted by atomic mass is 16.6. The molecule has 0 aromatic carbocycles. The quantitative estimate of drug-likeness (QED) is 0.0347. The highest BCUT2D eigenvalue weighted by Crippen LogP contribution is 2.14. The number of esters is 2. The molecule has 0 heterocycles. The van der Waals surface area contributed by atoms with E-state index in [4.69, 9.17) is 14.2 Å². The summed E-state index contributed by atoms with van der Waals surface area (Å²) < 4.78 is 17.4. The van der Waals surface area contributed by atoms with Gasteiger partial charge < -0.3 is 14.2 Å². The van der Waals surface area contributed by atoms with Gasteiger partial charge in [-0.3, -0.25) is 9.59 Å². The third-order valence-corrected chi connectivity index (χ3v) is 10.7. The molecule has 0 N–H and O–H groups in total. The van der Waals surface area contributed by atoms with Gasteiger partial charge in [-0.25, -0.2) is 0 Å². The van der Waals surface area contributed by atoms with Gasteiger partial charge in [-0.1, -0.05) is 196 Å². The Balaban J connectivity index is 4.31. The summed E-state index contributed by atoms with van der Waals surface area (Å²) in [7, 11) is 0. The lowest BCUT2D eigenvalue weighted by molar-refractivity contribution is -0.163. The van der Waals surface area contributed by atoms with Crippen LogP contribution in [-0.2, 0) is 23.8 Å². The van der Waals surface area contributed by atoms with E-state index >= 15 is 0 Å². The fraction of sp³-hybridized carbons (Fsp3) is 0.745. The molecule has 0 saturated heterocycles. The standard InChI is InChI=1S/C55H96O5/c1-4-7-10-13-16-19-22-25-27-28-29-31-33-36-39-42-45-48-54(56)59-52-53(51-58-50-47-44-41-38-35-32-26-23-20-17-14-11-8-5-2)60-55(57)49-46-43-40-37-34-30-24-21-18-15-12-9-6-3/h8,11-12,15,17,20-21,24-27,32,53H,4-7,9-10,13-14,16,18-19,22-23,28-31,33-52H2,1-3H3/b11-8-,15-12-,20-17-,24-21-,27-25-,32-26-. The van der Waals surface area contributed by atoms with Crippen molar-refractivity contribution in [3.8, 4) is 0 Å². The molecule has 346 valence electrons. The Morgan fingerprint density at radius 2 is 0.783 bits per heavy atom. The Morgan fingerprint density at radius 3 is 1.28 bits per heavy atom. The minimum atomic E-state index is -0.558. The molecule has 5 heteroatoms. The zero-order valence-electron chi connectivity index (χ0n) is 39.7. The predicted octanol–water partition coefficient (Wildman–Crippen LogP) is 17.1. The Kier molecular flexibility index (Phi) is 48.4. The van der Waals surface area contributed by atoms with E-state index in [0.717, 1.165) is 96.3 Å². The number of hydrogen-bond acceptors (Lipinski definition) is 5. The molecule has 0 rings (SSSR count). The Morgan fingerprint density at radius 1 is 0.383 bits per heavy atom. The van der Waals surface area contributed by atoms with Crippen LogP contribution >= 0.6 is 0 Å². The van der Waals surface area contributed by atoms with Crippen molar-refractivity contribution in [1.29, 1.82) is 0 Å². The van der Waals surface area contributed by atoms with E-state index in [9.17, 15) is 9.59 Å². The molecule has 0 spiro atoms. The molecule has 0 bridgehead atoms. The van der Waals surface area contributed by atoms with Crippen molar-refractivity contribution in [2.75, 3.05) is 19.8 Å². The summed E-state index contributed by atoms with van der Waals surface area (Å²) in [5.41, 5.74) is 0. The predicted molar refractivity (Wildman–Crippen MR) is 260 cm³/mol. The molecule has 0 aliphatic rings. The van der Waals surface area contributed by atoms with Crippen molar-refractivity contribution in [2.45, 2.75) is 245 Å². The van der Waals surface area contributed by atoms with Crippen molar-refractivity contribution in [3.05, 3.63) is 72.9 Å². The second-order valence-electron chi connectivity index (χ2n) is 16.7. The molecular weight excluding hydrogens is 741 g/mol. The van der Waals surface area contributed by atoms with Gasteiger partial charge in [-0.15, -0.1) is 0 Å². The first kappa shape index (κ1) is 57.3.